The molecule has 0 bridgehead atoms. The van der Waals surface area contributed by atoms with Crippen molar-refractivity contribution in [3.63, 3.8) is 0 Å². The third-order valence-electron chi connectivity index (χ3n) is 3.75. The normalized spacial score (nSPS) is 10.8. The molecule has 27 heavy (non-hydrogen) atoms. The zero-order valence-corrected chi connectivity index (χ0v) is 14.7. The van der Waals surface area contributed by atoms with Gasteiger partial charge in [0.1, 0.15) is 23.0 Å². The van der Waals surface area contributed by atoms with Gasteiger partial charge < -0.3 is 5.32 Å². The van der Waals surface area contributed by atoms with Crippen LogP contribution in [0.2, 0.25) is 0 Å². The fourth-order valence-electron chi connectivity index (χ4n) is 2.62. The number of benzene rings is 1. The van der Waals surface area contributed by atoms with Crippen LogP contribution >= 0.6 is 0 Å². The molecule has 0 aliphatic heterocycles. The van der Waals surface area contributed by atoms with Gasteiger partial charge in [-0.1, -0.05) is 19.4 Å². The lowest BCUT2D eigenvalue weighted by molar-refractivity contribution is 0.101. The molecule has 2 aromatic heterocycles. The summed E-state index contributed by atoms with van der Waals surface area (Å²) in [5.74, 6) is -2.71. The molecule has 2 N–H and O–H groups in total. The standard InChI is InChI=1S/C18H17F2N5O2/c1-3-5-11-9-15(26)23-18(21-11)25-14(8-10(2)24-25)22-17(27)16-12(19)6-4-7-13(16)20/h4,6-9H,3,5H2,1-2H3,(H,22,27)(H,21,23,26). The molecule has 3 rings (SSSR count). The summed E-state index contributed by atoms with van der Waals surface area (Å²) < 4.78 is 28.9. The first-order valence-corrected chi connectivity index (χ1v) is 8.31. The van der Waals surface area contributed by atoms with Crippen molar-refractivity contribution < 1.29 is 13.6 Å². The van der Waals surface area contributed by atoms with Gasteiger partial charge in [0.2, 0.25) is 5.95 Å². The summed E-state index contributed by atoms with van der Waals surface area (Å²) in [7, 11) is 0. The van der Waals surface area contributed by atoms with Crippen LogP contribution in [0.25, 0.3) is 5.95 Å². The highest BCUT2D eigenvalue weighted by Gasteiger charge is 2.20. The first kappa shape index (κ1) is 18.4. The molecule has 1 amide bonds. The zero-order valence-electron chi connectivity index (χ0n) is 14.7. The molecule has 7 nitrogen and oxygen atoms in total. The van der Waals surface area contributed by atoms with Crippen LogP contribution in [0.5, 0.6) is 0 Å². The van der Waals surface area contributed by atoms with E-state index in [0.29, 0.717) is 17.8 Å². The van der Waals surface area contributed by atoms with Gasteiger partial charge in [-0.3, -0.25) is 14.6 Å². The van der Waals surface area contributed by atoms with Crippen molar-refractivity contribution in [1.82, 2.24) is 19.7 Å². The minimum atomic E-state index is -0.980. The number of hydrogen-bond acceptors (Lipinski definition) is 4. The van der Waals surface area contributed by atoms with Crippen LogP contribution in [0, 0.1) is 18.6 Å². The van der Waals surface area contributed by atoms with Gasteiger partial charge in [-0.15, -0.1) is 0 Å². The summed E-state index contributed by atoms with van der Waals surface area (Å²) in [4.78, 5) is 31.1. The Morgan fingerprint density at radius 2 is 1.96 bits per heavy atom. The molecule has 0 saturated heterocycles. The molecule has 0 aliphatic carbocycles. The lowest BCUT2D eigenvalue weighted by atomic mass is 10.2. The quantitative estimate of drug-likeness (QED) is 0.719. The molecule has 0 atom stereocenters. The second-order valence-electron chi connectivity index (χ2n) is 5.94. The number of anilines is 1. The molecule has 2 heterocycles. The van der Waals surface area contributed by atoms with Crippen LogP contribution in [0.3, 0.4) is 0 Å². The topological polar surface area (TPSA) is 92.7 Å². The van der Waals surface area contributed by atoms with Crippen molar-refractivity contribution in [3.8, 4) is 5.95 Å². The van der Waals surface area contributed by atoms with E-state index < -0.39 is 23.1 Å². The van der Waals surface area contributed by atoms with E-state index in [0.717, 1.165) is 18.6 Å². The number of halogens is 2. The SMILES string of the molecule is CCCc1cc(=O)[nH]c(-n2nc(C)cc2NC(=O)c2c(F)cccc2F)n1. The maximum atomic E-state index is 13.8. The Morgan fingerprint density at radius 1 is 1.26 bits per heavy atom. The van der Waals surface area contributed by atoms with Gasteiger partial charge in [-0.2, -0.15) is 9.78 Å². The smallest absolute Gasteiger partial charge is 0.262 e. The van der Waals surface area contributed by atoms with Crippen molar-refractivity contribution in [1.29, 1.82) is 0 Å². The Bertz CT molecular complexity index is 1040. The van der Waals surface area contributed by atoms with Crippen LogP contribution in [0.4, 0.5) is 14.6 Å². The summed E-state index contributed by atoms with van der Waals surface area (Å²) in [6.07, 6.45) is 1.39. The maximum absolute atomic E-state index is 13.8. The fraction of sp³-hybridized carbons (Fsp3) is 0.222. The second-order valence-corrected chi connectivity index (χ2v) is 5.94. The number of aryl methyl sites for hydroxylation is 2. The highest BCUT2D eigenvalue weighted by Crippen LogP contribution is 2.18. The van der Waals surface area contributed by atoms with Crippen LogP contribution in [0.15, 0.2) is 35.1 Å². The number of nitrogens with one attached hydrogen (secondary N) is 2. The summed E-state index contributed by atoms with van der Waals surface area (Å²) in [5.41, 5.74) is 0.0165. The largest absolute Gasteiger partial charge is 0.306 e. The molecular formula is C18H17F2N5O2. The number of rotatable bonds is 5. The molecule has 0 unspecified atom stereocenters. The van der Waals surface area contributed by atoms with Crippen molar-refractivity contribution in [2.75, 3.05) is 5.32 Å². The molecule has 1 aromatic carbocycles. The number of H-pyrrole nitrogens is 1. The van der Waals surface area contributed by atoms with Gasteiger partial charge in [-0.25, -0.2) is 13.8 Å². The maximum Gasteiger partial charge on any atom is 0.262 e. The Labute approximate surface area is 153 Å². The molecule has 140 valence electrons. The molecule has 0 aliphatic rings. The highest BCUT2D eigenvalue weighted by molar-refractivity contribution is 6.04. The van der Waals surface area contributed by atoms with E-state index in [1.54, 1.807) is 6.92 Å². The van der Waals surface area contributed by atoms with Crippen LogP contribution in [-0.4, -0.2) is 25.7 Å². The van der Waals surface area contributed by atoms with E-state index in [-0.39, 0.29) is 17.3 Å². The summed E-state index contributed by atoms with van der Waals surface area (Å²) in [6.45, 7) is 3.62. The van der Waals surface area contributed by atoms with Crippen LogP contribution in [-0.2, 0) is 6.42 Å². The summed E-state index contributed by atoms with van der Waals surface area (Å²) in [6, 6.07) is 6.05. The van der Waals surface area contributed by atoms with E-state index in [2.05, 4.69) is 20.4 Å². The predicted molar refractivity (Wildman–Crippen MR) is 95.0 cm³/mol. The number of hydrogen-bond donors (Lipinski definition) is 2. The Hall–Kier alpha value is -3.36. The van der Waals surface area contributed by atoms with E-state index in [1.807, 2.05) is 6.92 Å². The molecule has 0 saturated carbocycles. The van der Waals surface area contributed by atoms with Gasteiger partial charge in [-0.05, 0) is 25.5 Å². The second kappa shape index (κ2) is 7.48. The van der Waals surface area contributed by atoms with Crippen molar-refractivity contribution in [3.05, 3.63) is 69.3 Å². The van der Waals surface area contributed by atoms with Crippen LogP contribution < -0.4 is 10.9 Å². The molecule has 0 fully saturated rings. The van der Waals surface area contributed by atoms with Gasteiger partial charge in [0.05, 0.1) is 5.69 Å². The lowest BCUT2D eigenvalue weighted by Gasteiger charge is -2.10. The Kier molecular flexibility index (Phi) is 5.11. The van der Waals surface area contributed by atoms with Gasteiger partial charge in [0.15, 0.2) is 0 Å². The number of carbonyl (C=O) groups is 1. The minimum absolute atomic E-state index is 0.100. The van der Waals surface area contributed by atoms with Crippen molar-refractivity contribution in [2.45, 2.75) is 26.7 Å². The molecular weight excluding hydrogens is 356 g/mol. The Morgan fingerprint density at radius 3 is 2.63 bits per heavy atom. The number of aromatic amines is 1. The number of carbonyl (C=O) groups excluding carboxylic acids is 1. The number of aromatic nitrogens is 4. The summed E-state index contributed by atoms with van der Waals surface area (Å²) in [5, 5.41) is 6.61. The van der Waals surface area contributed by atoms with Crippen molar-refractivity contribution in [2.24, 2.45) is 0 Å². The zero-order chi connectivity index (χ0) is 19.6. The molecule has 0 spiro atoms. The average molecular weight is 373 g/mol. The molecule has 9 heteroatoms. The first-order valence-electron chi connectivity index (χ1n) is 8.31. The summed E-state index contributed by atoms with van der Waals surface area (Å²) >= 11 is 0. The van der Waals surface area contributed by atoms with Gasteiger partial charge in [0.25, 0.3) is 11.5 Å². The number of amides is 1. The van der Waals surface area contributed by atoms with E-state index in [4.69, 9.17) is 0 Å². The fourth-order valence-corrected chi connectivity index (χ4v) is 2.62. The average Bonchev–Trinajstić information content (AvgIpc) is 2.95. The van der Waals surface area contributed by atoms with E-state index >= 15 is 0 Å². The Balaban J connectivity index is 2.00. The minimum Gasteiger partial charge on any atom is -0.306 e. The van der Waals surface area contributed by atoms with Gasteiger partial charge >= 0.3 is 0 Å². The van der Waals surface area contributed by atoms with Gasteiger partial charge in [0, 0.05) is 17.8 Å². The lowest BCUT2D eigenvalue weighted by Crippen LogP contribution is -2.20. The van der Waals surface area contributed by atoms with Crippen LogP contribution in [0.1, 0.15) is 35.1 Å². The van der Waals surface area contributed by atoms with E-state index in [1.165, 1.54) is 22.9 Å². The number of nitrogens with zero attached hydrogens (tertiary/aromatic N) is 3. The molecule has 0 radical (unpaired) electrons. The molecule has 3 aromatic rings. The predicted octanol–water partition coefficient (Wildman–Crippen LogP) is 2.75. The third kappa shape index (κ3) is 3.91. The highest BCUT2D eigenvalue weighted by atomic mass is 19.1. The van der Waals surface area contributed by atoms with E-state index in [9.17, 15) is 18.4 Å². The first-order chi connectivity index (χ1) is 12.9. The monoisotopic (exact) mass is 373 g/mol. The third-order valence-corrected chi connectivity index (χ3v) is 3.75. The van der Waals surface area contributed by atoms with Crippen molar-refractivity contribution >= 4 is 11.7 Å².